The highest BCUT2D eigenvalue weighted by atomic mass is 16.5. The van der Waals surface area contributed by atoms with Gasteiger partial charge in [-0.3, -0.25) is 14.3 Å². The number of rotatable bonds is 7. The number of aromatic nitrogens is 2. The van der Waals surface area contributed by atoms with Crippen molar-refractivity contribution in [2.24, 2.45) is 0 Å². The Kier molecular flexibility index (Phi) is 6.13. The standard InChI is InChI=1S/C21H22N4O4/c1-4-25-13-15(19(24-25)21(27)22-14-9-6-5-7-10-14)23-20(26)18-16(28-2)11-8-12-17(18)29-3/h5-13H,4H2,1-3H3,(H,22,27)(H,23,26). The molecular formula is C21H22N4O4. The highest BCUT2D eigenvalue weighted by molar-refractivity contribution is 6.13. The second kappa shape index (κ2) is 8.92. The number of para-hydroxylation sites is 1. The van der Waals surface area contributed by atoms with E-state index in [-0.39, 0.29) is 11.3 Å². The van der Waals surface area contributed by atoms with E-state index < -0.39 is 11.8 Å². The molecule has 2 aromatic carbocycles. The molecule has 1 heterocycles. The first kappa shape index (κ1) is 19.9. The number of amides is 2. The summed E-state index contributed by atoms with van der Waals surface area (Å²) in [5.41, 5.74) is 1.26. The number of ether oxygens (including phenoxy) is 2. The van der Waals surface area contributed by atoms with E-state index in [2.05, 4.69) is 15.7 Å². The van der Waals surface area contributed by atoms with E-state index in [4.69, 9.17) is 9.47 Å². The van der Waals surface area contributed by atoms with Gasteiger partial charge >= 0.3 is 0 Å². The van der Waals surface area contributed by atoms with Crippen LogP contribution in [0.3, 0.4) is 0 Å². The summed E-state index contributed by atoms with van der Waals surface area (Å²) in [5.74, 6) is -0.172. The number of nitrogens with one attached hydrogen (secondary N) is 2. The van der Waals surface area contributed by atoms with Crippen LogP contribution >= 0.6 is 0 Å². The van der Waals surface area contributed by atoms with Crippen molar-refractivity contribution in [2.75, 3.05) is 24.9 Å². The van der Waals surface area contributed by atoms with Crippen molar-refractivity contribution in [3.05, 3.63) is 66.0 Å². The molecule has 150 valence electrons. The molecule has 3 aromatic rings. The normalized spacial score (nSPS) is 10.3. The Morgan fingerprint density at radius 2 is 1.59 bits per heavy atom. The van der Waals surface area contributed by atoms with Gasteiger partial charge < -0.3 is 20.1 Å². The summed E-state index contributed by atoms with van der Waals surface area (Å²) >= 11 is 0. The highest BCUT2D eigenvalue weighted by Gasteiger charge is 2.23. The van der Waals surface area contributed by atoms with Crippen LogP contribution in [0.2, 0.25) is 0 Å². The maximum absolute atomic E-state index is 13.0. The molecule has 2 N–H and O–H groups in total. The lowest BCUT2D eigenvalue weighted by molar-refractivity contribution is 0.102. The van der Waals surface area contributed by atoms with Gasteiger partial charge in [-0.25, -0.2) is 0 Å². The Morgan fingerprint density at radius 1 is 0.931 bits per heavy atom. The van der Waals surface area contributed by atoms with Crippen LogP contribution in [0.15, 0.2) is 54.7 Å². The molecule has 0 spiro atoms. The number of anilines is 2. The van der Waals surface area contributed by atoms with Crippen LogP contribution in [-0.2, 0) is 6.54 Å². The van der Waals surface area contributed by atoms with Crippen LogP contribution in [0.4, 0.5) is 11.4 Å². The zero-order valence-electron chi connectivity index (χ0n) is 16.4. The van der Waals surface area contributed by atoms with Crippen LogP contribution in [0, 0.1) is 0 Å². The smallest absolute Gasteiger partial charge is 0.278 e. The van der Waals surface area contributed by atoms with Gasteiger partial charge in [-0.2, -0.15) is 5.10 Å². The predicted molar refractivity (Wildman–Crippen MR) is 110 cm³/mol. The van der Waals surface area contributed by atoms with Crippen LogP contribution in [-0.4, -0.2) is 35.8 Å². The second-order valence-corrected chi connectivity index (χ2v) is 6.06. The number of methoxy groups -OCH3 is 2. The zero-order chi connectivity index (χ0) is 20.8. The molecule has 0 bridgehead atoms. The summed E-state index contributed by atoms with van der Waals surface area (Å²) in [6, 6.07) is 14.1. The molecule has 3 rings (SSSR count). The molecule has 0 aliphatic rings. The van der Waals surface area contributed by atoms with Crippen molar-refractivity contribution >= 4 is 23.2 Å². The molecule has 2 amide bonds. The minimum absolute atomic E-state index is 0.109. The highest BCUT2D eigenvalue weighted by Crippen LogP contribution is 2.29. The quantitative estimate of drug-likeness (QED) is 0.640. The number of carbonyl (C=O) groups excluding carboxylic acids is 2. The zero-order valence-corrected chi connectivity index (χ0v) is 16.4. The molecule has 0 aliphatic carbocycles. The number of aryl methyl sites for hydroxylation is 1. The maximum atomic E-state index is 13.0. The molecular weight excluding hydrogens is 372 g/mol. The number of hydrogen-bond donors (Lipinski definition) is 2. The van der Waals surface area contributed by atoms with Crippen LogP contribution in [0.25, 0.3) is 0 Å². The first-order valence-electron chi connectivity index (χ1n) is 9.03. The van der Waals surface area contributed by atoms with E-state index in [9.17, 15) is 9.59 Å². The summed E-state index contributed by atoms with van der Waals surface area (Å²) in [7, 11) is 2.94. The Hall–Kier alpha value is -3.81. The third-order valence-corrected chi connectivity index (χ3v) is 4.24. The van der Waals surface area contributed by atoms with Gasteiger partial charge in [-0.1, -0.05) is 24.3 Å². The van der Waals surface area contributed by atoms with Gasteiger partial charge in [0, 0.05) is 18.4 Å². The Morgan fingerprint density at radius 3 is 2.17 bits per heavy atom. The van der Waals surface area contributed by atoms with Crippen molar-refractivity contribution in [3.8, 4) is 11.5 Å². The average molecular weight is 394 g/mol. The molecule has 29 heavy (non-hydrogen) atoms. The molecule has 0 saturated carbocycles. The lowest BCUT2D eigenvalue weighted by Gasteiger charge is -2.13. The Balaban J connectivity index is 1.91. The monoisotopic (exact) mass is 394 g/mol. The molecule has 0 fully saturated rings. The van der Waals surface area contributed by atoms with Crippen molar-refractivity contribution in [1.82, 2.24) is 9.78 Å². The van der Waals surface area contributed by atoms with Crippen LogP contribution in [0.1, 0.15) is 27.8 Å². The van der Waals surface area contributed by atoms with Gasteiger partial charge in [-0.15, -0.1) is 0 Å². The SMILES string of the molecule is CCn1cc(NC(=O)c2c(OC)cccc2OC)c(C(=O)Nc2ccccc2)n1. The molecule has 0 atom stereocenters. The van der Waals surface area contributed by atoms with Crippen molar-refractivity contribution in [1.29, 1.82) is 0 Å². The molecule has 1 aromatic heterocycles. The second-order valence-electron chi connectivity index (χ2n) is 6.06. The fourth-order valence-corrected chi connectivity index (χ4v) is 2.81. The largest absolute Gasteiger partial charge is 0.496 e. The first-order valence-corrected chi connectivity index (χ1v) is 9.03. The van der Waals surface area contributed by atoms with Gasteiger partial charge in [0.25, 0.3) is 11.8 Å². The average Bonchev–Trinajstić information content (AvgIpc) is 3.16. The maximum Gasteiger partial charge on any atom is 0.278 e. The van der Waals surface area contributed by atoms with E-state index in [1.807, 2.05) is 25.1 Å². The van der Waals surface area contributed by atoms with Crippen molar-refractivity contribution in [2.45, 2.75) is 13.5 Å². The molecule has 8 heteroatoms. The first-order chi connectivity index (χ1) is 14.1. The number of hydrogen-bond acceptors (Lipinski definition) is 5. The fraction of sp³-hybridized carbons (Fsp3) is 0.190. The number of nitrogens with zero attached hydrogens (tertiary/aromatic N) is 2. The third kappa shape index (κ3) is 4.37. The van der Waals surface area contributed by atoms with Crippen LogP contribution in [0.5, 0.6) is 11.5 Å². The minimum Gasteiger partial charge on any atom is -0.496 e. The summed E-state index contributed by atoms with van der Waals surface area (Å²) in [5, 5.41) is 9.82. The van der Waals surface area contributed by atoms with Gasteiger partial charge in [0.15, 0.2) is 5.69 Å². The molecule has 0 radical (unpaired) electrons. The Bertz CT molecular complexity index is 993. The fourth-order valence-electron chi connectivity index (χ4n) is 2.81. The molecule has 0 saturated heterocycles. The predicted octanol–water partition coefficient (Wildman–Crippen LogP) is 3.42. The summed E-state index contributed by atoms with van der Waals surface area (Å²) in [4.78, 5) is 25.7. The Labute approximate surface area is 168 Å². The number of carbonyl (C=O) groups is 2. The van der Waals surface area contributed by atoms with Gasteiger partial charge in [0.2, 0.25) is 0 Å². The van der Waals surface area contributed by atoms with E-state index in [1.54, 1.807) is 41.2 Å². The topological polar surface area (TPSA) is 94.5 Å². The summed E-state index contributed by atoms with van der Waals surface area (Å²) in [6.45, 7) is 2.43. The molecule has 8 nitrogen and oxygen atoms in total. The van der Waals surface area contributed by atoms with Gasteiger partial charge in [-0.05, 0) is 31.2 Å². The molecule has 0 unspecified atom stereocenters. The van der Waals surface area contributed by atoms with Gasteiger partial charge in [0.05, 0.1) is 19.9 Å². The lowest BCUT2D eigenvalue weighted by Crippen LogP contribution is -2.19. The minimum atomic E-state index is -0.469. The lowest BCUT2D eigenvalue weighted by atomic mass is 10.1. The van der Waals surface area contributed by atoms with Gasteiger partial charge in [0.1, 0.15) is 17.1 Å². The molecule has 0 aliphatic heterocycles. The van der Waals surface area contributed by atoms with E-state index >= 15 is 0 Å². The van der Waals surface area contributed by atoms with Crippen molar-refractivity contribution in [3.63, 3.8) is 0 Å². The number of benzene rings is 2. The van der Waals surface area contributed by atoms with Crippen molar-refractivity contribution < 1.29 is 19.1 Å². The van der Waals surface area contributed by atoms with E-state index in [1.165, 1.54) is 14.2 Å². The summed E-state index contributed by atoms with van der Waals surface area (Å²) < 4.78 is 12.2. The summed E-state index contributed by atoms with van der Waals surface area (Å²) in [6.07, 6.45) is 1.61. The van der Waals surface area contributed by atoms with E-state index in [0.29, 0.717) is 29.4 Å². The van der Waals surface area contributed by atoms with Crippen LogP contribution < -0.4 is 20.1 Å². The third-order valence-electron chi connectivity index (χ3n) is 4.24. The van der Waals surface area contributed by atoms with E-state index in [0.717, 1.165) is 0 Å².